The molecule has 0 aliphatic carbocycles. The van der Waals surface area contributed by atoms with Gasteiger partial charge in [0.1, 0.15) is 29.2 Å². The lowest BCUT2D eigenvalue weighted by atomic mass is 9.91. The van der Waals surface area contributed by atoms with Crippen LogP contribution < -0.4 is 10.1 Å². The van der Waals surface area contributed by atoms with Crippen LogP contribution in [0.5, 0.6) is 5.75 Å². The fourth-order valence-electron chi connectivity index (χ4n) is 3.50. The third kappa shape index (κ3) is 3.30. The lowest BCUT2D eigenvalue weighted by molar-refractivity contribution is -0.142. The molecule has 27 heavy (non-hydrogen) atoms. The topological polar surface area (TPSA) is 125 Å². The zero-order chi connectivity index (χ0) is 20.1. The Morgan fingerprint density at radius 2 is 1.96 bits per heavy atom. The van der Waals surface area contributed by atoms with Gasteiger partial charge < -0.3 is 25.0 Å². The highest BCUT2D eigenvalue weighted by atomic mass is 16.6. The molecule has 2 aliphatic heterocycles. The number of fused-ring (bicyclic) bond motifs is 3. The summed E-state index contributed by atoms with van der Waals surface area (Å²) >= 11 is 0. The molecular formula is C18H22N2O7. The van der Waals surface area contributed by atoms with E-state index >= 15 is 0 Å². The number of hydrogen-bond donors (Lipinski definition) is 3. The number of carboxylic acids is 1. The first-order chi connectivity index (χ1) is 12.4. The van der Waals surface area contributed by atoms with Crippen LogP contribution in [0.3, 0.4) is 0 Å². The van der Waals surface area contributed by atoms with Gasteiger partial charge in [-0.2, -0.15) is 0 Å². The molecule has 146 valence electrons. The van der Waals surface area contributed by atoms with E-state index in [1.807, 2.05) is 0 Å². The zero-order valence-corrected chi connectivity index (χ0v) is 15.5. The molecule has 9 heteroatoms. The number of carbonyl (C=O) groups excluding carboxylic acids is 2. The van der Waals surface area contributed by atoms with Crippen molar-refractivity contribution in [1.82, 2.24) is 4.90 Å². The lowest BCUT2D eigenvalue weighted by Crippen LogP contribution is -2.51. The third-order valence-corrected chi connectivity index (χ3v) is 4.47. The number of rotatable bonds is 2. The number of amides is 1. The maximum absolute atomic E-state index is 12.6. The predicted octanol–water partition coefficient (Wildman–Crippen LogP) is 1.65. The fraction of sp³-hybridized carbons (Fsp3) is 0.500. The summed E-state index contributed by atoms with van der Waals surface area (Å²) in [4.78, 5) is 36.6. The van der Waals surface area contributed by atoms with Gasteiger partial charge in [-0.15, -0.1) is 0 Å². The van der Waals surface area contributed by atoms with Crippen LogP contribution in [0, 0.1) is 0 Å². The molecule has 1 fully saturated rings. The quantitative estimate of drug-likeness (QED) is 0.524. The Morgan fingerprint density at radius 1 is 1.30 bits per heavy atom. The van der Waals surface area contributed by atoms with Gasteiger partial charge in [0.2, 0.25) is 0 Å². The molecule has 9 nitrogen and oxygen atoms in total. The Morgan fingerprint density at radius 3 is 2.52 bits per heavy atom. The van der Waals surface area contributed by atoms with Crippen LogP contribution in [0.2, 0.25) is 0 Å². The second-order valence-electron chi connectivity index (χ2n) is 7.72. The second kappa shape index (κ2) is 6.12. The van der Waals surface area contributed by atoms with Gasteiger partial charge in [-0.05, 0) is 39.0 Å². The molecule has 3 atom stereocenters. The number of nitrogens with one attached hydrogen (secondary N) is 1. The van der Waals surface area contributed by atoms with Crippen molar-refractivity contribution in [3.8, 4) is 5.75 Å². The Labute approximate surface area is 155 Å². The molecule has 3 N–H and O–H groups in total. The van der Waals surface area contributed by atoms with Gasteiger partial charge in [0.05, 0.1) is 0 Å². The summed E-state index contributed by atoms with van der Waals surface area (Å²) in [6.45, 7) is 6.27. The van der Waals surface area contributed by atoms with Gasteiger partial charge in [-0.1, -0.05) is 0 Å². The average molecular weight is 378 g/mol. The standard InChI is InChI=1S/C18H22N2O7/c1-9(21)26-10-5-6-12-11(7-10)18(25)8-13(14(22)23)20(15(18)19-12)16(24)27-17(2,3)4/h5-7,13,15,19,25H,8H2,1-4H3,(H,22,23)/t13-,15-,18+/m0/s1. The van der Waals surface area contributed by atoms with E-state index in [0.717, 1.165) is 4.90 Å². The predicted molar refractivity (Wildman–Crippen MR) is 93.2 cm³/mol. The molecule has 0 unspecified atom stereocenters. The average Bonchev–Trinajstić information content (AvgIpc) is 2.94. The maximum atomic E-state index is 12.6. The van der Waals surface area contributed by atoms with Crippen LogP contribution in [-0.4, -0.2) is 51.0 Å². The smallest absolute Gasteiger partial charge is 0.412 e. The molecule has 1 aromatic rings. The number of likely N-dealkylation sites (tertiary alicyclic amines) is 1. The SMILES string of the molecule is CC(=O)Oc1ccc2c(c1)[C@]1(O)C[C@@H](C(=O)O)N(C(=O)OC(C)(C)C)[C@@H]1N2. The number of carbonyl (C=O) groups is 3. The van der Waals surface area contributed by atoms with E-state index in [2.05, 4.69) is 5.32 Å². The van der Waals surface area contributed by atoms with E-state index in [4.69, 9.17) is 9.47 Å². The fourth-order valence-corrected chi connectivity index (χ4v) is 3.50. The van der Waals surface area contributed by atoms with Crippen LogP contribution in [0.25, 0.3) is 0 Å². The van der Waals surface area contributed by atoms with Crippen molar-refractivity contribution in [1.29, 1.82) is 0 Å². The second-order valence-corrected chi connectivity index (χ2v) is 7.72. The number of ether oxygens (including phenoxy) is 2. The van der Waals surface area contributed by atoms with E-state index in [-0.39, 0.29) is 12.2 Å². The van der Waals surface area contributed by atoms with Gasteiger partial charge in [-0.25, -0.2) is 9.59 Å². The third-order valence-electron chi connectivity index (χ3n) is 4.47. The first-order valence-electron chi connectivity index (χ1n) is 8.48. The Kier molecular flexibility index (Phi) is 4.30. The van der Waals surface area contributed by atoms with Crippen molar-refractivity contribution in [2.45, 2.75) is 57.5 Å². The van der Waals surface area contributed by atoms with Gasteiger partial charge in [0.15, 0.2) is 0 Å². The van der Waals surface area contributed by atoms with E-state index in [0.29, 0.717) is 11.3 Å². The van der Waals surface area contributed by atoms with Crippen LogP contribution >= 0.6 is 0 Å². The number of esters is 1. The van der Waals surface area contributed by atoms with E-state index < -0.39 is 41.4 Å². The molecule has 0 spiro atoms. The number of nitrogens with zero attached hydrogens (tertiary/aromatic N) is 1. The summed E-state index contributed by atoms with van der Waals surface area (Å²) in [7, 11) is 0. The number of carboxylic acid groups (broad SMARTS) is 1. The highest BCUT2D eigenvalue weighted by molar-refractivity contribution is 5.84. The van der Waals surface area contributed by atoms with Crippen LogP contribution in [0.1, 0.15) is 39.7 Å². The minimum atomic E-state index is -1.66. The Hall–Kier alpha value is -2.81. The van der Waals surface area contributed by atoms with E-state index in [1.54, 1.807) is 32.9 Å². The summed E-state index contributed by atoms with van der Waals surface area (Å²) in [6.07, 6.45) is -2.08. The summed E-state index contributed by atoms with van der Waals surface area (Å²) in [5.74, 6) is -1.54. The number of hydrogen-bond acceptors (Lipinski definition) is 7. The summed E-state index contributed by atoms with van der Waals surface area (Å²) < 4.78 is 10.4. The normalized spacial score (nSPS) is 26.0. The van der Waals surface area contributed by atoms with Crippen LogP contribution in [-0.2, 0) is 19.9 Å². The molecule has 0 radical (unpaired) electrons. The van der Waals surface area contributed by atoms with Crippen LogP contribution in [0.15, 0.2) is 18.2 Å². The molecule has 0 saturated carbocycles. The molecule has 1 amide bonds. The Bertz CT molecular complexity index is 816. The number of benzene rings is 1. The summed E-state index contributed by atoms with van der Waals surface area (Å²) in [5, 5.41) is 23.8. The van der Waals surface area contributed by atoms with Crippen molar-refractivity contribution in [3.63, 3.8) is 0 Å². The molecule has 1 aromatic carbocycles. The Balaban J connectivity index is 1.99. The van der Waals surface area contributed by atoms with Crippen molar-refractivity contribution < 1.29 is 34.1 Å². The number of anilines is 1. The molecule has 2 aliphatic rings. The van der Waals surface area contributed by atoms with Gasteiger partial charge in [0.25, 0.3) is 0 Å². The van der Waals surface area contributed by atoms with Crippen molar-refractivity contribution in [2.24, 2.45) is 0 Å². The van der Waals surface area contributed by atoms with Crippen molar-refractivity contribution in [2.75, 3.05) is 5.32 Å². The van der Waals surface area contributed by atoms with Crippen molar-refractivity contribution in [3.05, 3.63) is 23.8 Å². The monoisotopic (exact) mass is 378 g/mol. The number of aliphatic carboxylic acids is 1. The largest absolute Gasteiger partial charge is 0.480 e. The van der Waals surface area contributed by atoms with E-state index in [9.17, 15) is 24.6 Å². The molecule has 1 saturated heterocycles. The molecule has 2 heterocycles. The zero-order valence-electron chi connectivity index (χ0n) is 15.5. The van der Waals surface area contributed by atoms with Gasteiger partial charge >= 0.3 is 18.0 Å². The van der Waals surface area contributed by atoms with Gasteiger partial charge in [0, 0.05) is 24.6 Å². The highest BCUT2D eigenvalue weighted by Gasteiger charge is 2.61. The molecule has 0 aromatic heterocycles. The number of aliphatic hydroxyl groups is 1. The maximum Gasteiger partial charge on any atom is 0.412 e. The lowest BCUT2D eigenvalue weighted by Gasteiger charge is -2.31. The minimum Gasteiger partial charge on any atom is -0.480 e. The molecular weight excluding hydrogens is 356 g/mol. The van der Waals surface area contributed by atoms with Crippen molar-refractivity contribution >= 4 is 23.7 Å². The highest BCUT2D eigenvalue weighted by Crippen LogP contribution is 2.50. The summed E-state index contributed by atoms with van der Waals surface area (Å²) in [6, 6.07) is 3.35. The van der Waals surface area contributed by atoms with Gasteiger partial charge in [-0.3, -0.25) is 9.69 Å². The molecule has 0 bridgehead atoms. The first kappa shape index (κ1) is 19.0. The summed E-state index contributed by atoms with van der Waals surface area (Å²) in [5.41, 5.74) is -1.60. The minimum absolute atomic E-state index is 0.222. The molecule has 3 rings (SSSR count). The first-order valence-corrected chi connectivity index (χ1v) is 8.48. The van der Waals surface area contributed by atoms with E-state index in [1.165, 1.54) is 13.0 Å². The van der Waals surface area contributed by atoms with Crippen LogP contribution in [0.4, 0.5) is 10.5 Å².